The molecule has 0 aromatic heterocycles. The monoisotopic (exact) mass is 188 g/mol. The number of nitrogens with two attached hydrogens (primary N) is 1. The van der Waals surface area contributed by atoms with Gasteiger partial charge in [0.25, 0.3) is 0 Å². The van der Waals surface area contributed by atoms with Gasteiger partial charge in [-0.1, -0.05) is 0 Å². The summed E-state index contributed by atoms with van der Waals surface area (Å²) in [4.78, 5) is 0. The van der Waals surface area contributed by atoms with Crippen LogP contribution in [0.4, 0.5) is 0 Å². The number of nitrogens with one attached hydrogen (secondary N) is 1. The summed E-state index contributed by atoms with van der Waals surface area (Å²) in [6.45, 7) is 4.08. The molecule has 1 rings (SSSR count). The Hall–Kier alpha value is -0.160. The van der Waals surface area contributed by atoms with Gasteiger partial charge in [-0.25, -0.2) is 0 Å². The average Bonchev–Trinajstić information content (AvgIpc) is 2.62. The lowest BCUT2D eigenvalue weighted by Crippen LogP contribution is -2.43. The van der Waals surface area contributed by atoms with Gasteiger partial charge in [-0.2, -0.15) is 0 Å². The maximum absolute atomic E-state index is 5.46. The van der Waals surface area contributed by atoms with Crippen LogP contribution in [0.3, 0.4) is 0 Å². The molecule has 1 aliphatic heterocycles. The maximum Gasteiger partial charge on any atom is 0.106 e. The Morgan fingerprint density at radius 2 is 2.46 bits per heavy atom. The van der Waals surface area contributed by atoms with E-state index in [0.29, 0.717) is 6.61 Å². The number of methoxy groups -OCH3 is 1. The second-order valence-corrected chi connectivity index (χ2v) is 3.51. The van der Waals surface area contributed by atoms with Crippen LogP contribution in [0.25, 0.3) is 0 Å². The van der Waals surface area contributed by atoms with Gasteiger partial charge >= 0.3 is 0 Å². The minimum Gasteiger partial charge on any atom is -0.378 e. The van der Waals surface area contributed by atoms with Crippen LogP contribution in [-0.4, -0.2) is 45.6 Å². The van der Waals surface area contributed by atoms with Gasteiger partial charge in [0.15, 0.2) is 0 Å². The fourth-order valence-corrected chi connectivity index (χ4v) is 1.50. The summed E-state index contributed by atoms with van der Waals surface area (Å²) in [5, 5.41) is 3.34. The zero-order chi connectivity index (χ0) is 9.57. The summed E-state index contributed by atoms with van der Waals surface area (Å²) in [6, 6.07) is 0. The van der Waals surface area contributed by atoms with Crippen LogP contribution in [0.15, 0.2) is 0 Å². The quantitative estimate of drug-likeness (QED) is 0.563. The molecule has 3 N–H and O–H groups in total. The Morgan fingerprint density at radius 3 is 3.00 bits per heavy atom. The molecule has 1 heterocycles. The van der Waals surface area contributed by atoms with Gasteiger partial charge in [-0.15, -0.1) is 0 Å². The first-order valence-corrected chi connectivity index (χ1v) is 4.87. The van der Waals surface area contributed by atoms with E-state index in [-0.39, 0.29) is 5.60 Å². The summed E-state index contributed by atoms with van der Waals surface area (Å²) in [5.74, 6) is 0. The minimum absolute atomic E-state index is 0.0887. The Morgan fingerprint density at radius 1 is 1.62 bits per heavy atom. The summed E-state index contributed by atoms with van der Waals surface area (Å²) in [7, 11) is 1.75. The zero-order valence-electron chi connectivity index (χ0n) is 8.34. The van der Waals surface area contributed by atoms with Crippen molar-refractivity contribution in [1.82, 2.24) is 5.32 Å². The Kier molecular flexibility index (Phi) is 4.66. The average molecular weight is 188 g/mol. The highest BCUT2D eigenvalue weighted by Crippen LogP contribution is 2.21. The smallest absolute Gasteiger partial charge is 0.106 e. The molecule has 1 fully saturated rings. The van der Waals surface area contributed by atoms with Gasteiger partial charge in [-0.3, -0.25) is 0 Å². The lowest BCUT2D eigenvalue weighted by molar-refractivity contribution is -0.0155. The Bertz CT molecular complexity index is 136. The van der Waals surface area contributed by atoms with Crippen LogP contribution >= 0.6 is 0 Å². The van der Waals surface area contributed by atoms with E-state index in [2.05, 4.69) is 5.32 Å². The fourth-order valence-electron chi connectivity index (χ4n) is 1.50. The van der Waals surface area contributed by atoms with Gasteiger partial charge in [-0.05, 0) is 19.5 Å². The molecule has 1 unspecified atom stereocenters. The molecule has 78 valence electrons. The highest BCUT2D eigenvalue weighted by atomic mass is 16.5. The van der Waals surface area contributed by atoms with E-state index >= 15 is 0 Å². The van der Waals surface area contributed by atoms with E-state index in [1.54, 1.807) is 7.11 Å². The fraction of sp³-hybridized carbons (Fsp3) is 1.00. The number of hydrogen-bond acceptors (Lipinski definition) is 4. The number of hydrogen-bond donors (Lipinski definition) is 2. The lowest BCUT2D eigenvalue weighted by Gasteiger charge is -2.25. The third kappa shape index (κ3) is 3.23. The molecule has 0 aromatic carbocycles. The first-order valence-electron chi connectivity index (χ1n) is 4.87. The second kappa shape index (κ2) is 5.54. The molecule has 0 bridgehead atoms. The molecule has 4 nitrogen and oxygen atoms in total. The van der Waals surface area contributed by atoms with Gasteiger partial charge in [0, 0.05) is 26.7 Å². The number of rotatable bonds is 6. The molecule has 0 amide bonds. The normalized spacial score (nSPS) is 28.2. The summed E-state index contributed by atoms with van der Waals surface area (Å²) >= 11 is 0. The predicted octanol–water partition coefficient (Wildman–Crippen LogP) is -0.270. The number of ether oxygens (including phenoxy) is 2. The zero-order valence-corrected chi connectivity index (χ0v) is 8.34. The van der Waals surface area contributed by atoms with Gasteiger partial charge < -0.3 is 20.5 Å². The molecule has 0 aliphatic carbocycles. The second-order valence-electron chi connectivity index (χ2n) is 3.51. The van der Waals surface area contributed by atoms with Gasteiger partial charge in [0.2, 0.25) is 0 Å². The minimum atomic E-state index is -0.0887. The van der Waals surface area contributed by atoms with Crippen LogP contribution in [-0.2, 0) is 9.47 Å². The molecule has 13 heavy (non-hydrogen) atoms. The molecule has 0 saturated carbocycles. The molecule has 0 spiro atoms. The molecule has 4 heteroatoms. The summed E-state index contributed by atoms with van der Waals surface area (Å²) < 4.78 is 10.8. The van der Waals surface area contributed by atoms with E-state index < -0.39 is 0 Å². The summed E-state index contributed by atoms with van der Waals surface area (Å²) in [6.07, 6.45) is 2.00. The van der Waals surface area contributed by atoms with Crippen molar-refractivity contribution < 1.29 is 9.47 Å². The van der Waals surface area contributed by atoms with E-state index in [0.717, 1.165) is 39.1 Å². The molecule has 1 atom stereocenters. The highest BCUT2D eigenvalue weighted by molar-refractivity contribution is 4.86. The van der Waals surface area contributed by atoms with Crippen molar-refractivity contribution in [3.63, 3.8) is 0 Å². The summed E-state index contributed by atoms with van der Waals surface area (Å²) in [5.41, 5.74) is 5.30. The predicted molar refractivity (Wildman–Crippen MR) is 51.7 cm³/mol. The van der Waals surface area contributed by atoms with Crippen LogP contribution < -0.4 is 11.1 Å². The first-order chi connectivity index (χ1) is 6.33. The van der Waals surface area contributed by atoms with Crippen molar-refractivity contribution in [2.24, 2.45) is 5.73 Å². The standard InChI is InChI=1S/C9H20N2O2/c1-12-9(3-6-13-8-9)7-11-5-2-4-10/h11H,2-8,10H2,1H3. The van der Waals surface area contributed by atoms with Crippen LogP contribution in [0.1, 0.15) is 12.8 Å². The Balaban J connectivity index is 2.16. The topological polar surface area (TPSA) is 56.5 Å². The van der Waals surface area contributed by atoms with Crippen LogP contribution in [0, 0.1) is 0 Å². The Labute approximate surface area is 79.8 Å². The van der Waals surface area contributed by atoms with Crippen molar-refractivity contribution in [2.75, 3.05) is 40.0 Å². The molecule has 0 aromatic rings. The maximum atomic E-state index is 5.46. The highest BCUT2D eigenvalue weighted by Gasteiger charge is 2.34. The van der Waals surface area contributed by atoms with Crippen molar-refractivity contribution in [2.45, 2.75) is 18.4 Å². The van der Waals surface area contributed by atoms with Crippen molar-refractivity contribution in [1.29, 1.82) is 0 Å². The first kappa shape index (κ1) is 10.9. The van der Waals surface area contributed by atoms with E-state index in [9.17, 15) is 0 Å². The van der Waals surface area contributed by atoms with Gasteiger partial charge in [0.05, 0.1) is 6.61 Å². The lowest BCUT2D eigenvalue weighted by atomic mass is 10.0. The van der Waals surface area contributed by atoms with E-state index in [1.807, 2.05) is 0 Å². The SMILES string of the molecule is COC1(CNCCCN)CCOC1. The van der Waals surface area contributed by atoms with Crippen molar-refractivity contribution in [3.8, 4) is 0 Å². The molecular weight excluding hydrogens is 168 g/mol. The van der Waals surface area contributed by atoms with E-state index in [1.165, 1.54) is 0 Å². The van der Waals surface area contributed by atoms with E-state index in [4.69, 9.17) is 15.2 Å². The van der Waals surface area contributed by atoms with Crippen LogP contribution in [0.2, 0.25) is 0 Å². The van der Waals surface area contributed by atoms with Crippen molar-refractivity contribution >= 4 is 0 Å². The molecule has 1 saturated heterocycles. The third-order valence-corrected chi connectivity index (χ3v) is 2.50. The van der Waals surface area contributed by atoms with Gasteiger partial charge in [0.1, 0.15) is 5.60 Å². The molecule has 0 radical (unpaired) electrons. The van der Waals surface area contributed by atoms with Crippen molar-refractivity contribution in [3.05, 3.63) is 0 Å². The third-order valence-electron chi connectivity index (χ3n) is 2.50. The molecular formula is C9H20N2O2. The largest absolute Gasteiger partial charge is 0.378 e. The molecule has 1 aliphatic rings. The van der Waals surface area contributed by atoms with Crippen LogP contribution in [0.5, 0.6) is 0 Å².